The minimum atomic E-state index is -1.46. The van der Waals surface area contributed by atoms with Crippen LogP contribution in [0.25, 0.3) is 0 Å². The second kappa shape index (κ2) is 4.89. The number of H-pyrrole nitrogens is 1. The molecule has 0 amide bonds. The Morgan fingerprint density at radius 1 is 1.32 bits per heavy atom. The number of aromatic carboxylic acids is 1. The van der Waals surface area contributed by atoms with Crippen molar-refractivity contribution in [2.24, 2.45) is 0 Å². The number of nitrogens with zero attached hydrogens (tertiary/aromatic N) is 1. The van der Waals surface area contributed by atoms with Crippen molar-refractivity contribution in [2.75, 3.05) is 0 Å². The van der Waals surface area contributed by atoms with Gasteiger partial charge >= 0.3 is 11.7 Å². The molecule has 0 unspecified atom stereocenters. The van der Waals surface area contributed by atoms with Crippen molar-refractivity contribution in [1.82, 2.24) is 9.55 Å². The fourth-order valence-electron chi connectivity index (χ4n) is 1.59. The molecule has 2 aromatic rings. The van der Waals surface area contributed by atoms with Gasteiger partial charge < -0.3 is 5.11 Å². The number of hydrogen-bond donors (Lipinski definition) is 2. The van der Waals surface area contributed by atoms with Crippen LogP contribution in [0.2, 0.25) is 0 Å². The molecule has 1 aromatic heterocycles. The molecule has 2 rings (SSSR count). The van der Waals surface area contributed by atoms with Crippen molar-refractivity contribution in [3.05, 3.63) is 68.2 Å². The molecule has 0 radical (unpaired) electrons. The topological polar surface area (TPSA) is 92.2 Å². The molecular weight excluding hydrogens is 255 g/mol. The third kappa shape index (κ3) is 2.59. The van der Waals surface area contributed by atoms with E-state index in [1.807, 2.05) is 4.98 Å². The number of aromatic amines is 1. The van der Waals surface area contributed by atoms with Gasteiger partial charge in [-0.05, 0) is 6.07 Å². The van der Waals surface area contributed by atoms with Crippen LogP contribution in [0.4, 0.5) is 4.39 Å². The summed E-state index contributed by atoms with van der Waals surface area (Å²) >= 11 is 0. The molecule has 98 valence electrons. The van der Waals surface area contributed by atoms with E-state index in [-0.39, 0.29) is 12.1 Å². The Morgan fingerprint density at radius 3 is 2.63 bits per heavy atom. The van der Waals surface area contributed by atoms with Crippen molar-refractivity contribution in [3.8, 4) is 0 Å². The highest BCUT2D eigenvalue weighted by molar-refractivity contribution is 5.86. The third-order valence-corrected chi connectivity index (χ3v) is 2.54. The van der Waals surface area contributed by atoms with E-state index in [1.165, 1.54) is 18.2 Å². The molecule has 0 fully saturated rings. The first-order valence-electron chi connectivity index (χ1n) is 5.29. The number of carboxylic acids is 1. The van der Waals surface area contributed by atoms with Crippen LogP contribution >= 0.6 is 0 Å². The smallest absolute Gasteiger partial charge is 0.342 e. The van der Waals surface area contributed by atoms with E-state index in [9.17, 15) is 18.8 Å². The monoisotopic (exact) mass is 264 g/mol. The lowest BCUT2D eigenvalue weighted by Crippen LogP contribution is -2.33. The first kappa shape index (κ1) is 12.7. The van der Waals surface area contributed by atoms with Crippen molar-refractivity contribution in [2.45, 2.75) is 6.54 Å². The Hall–Kier alpha value is -2.70. The summed E-state index contributed by atoms with van der Waals surface area (Å²) < 4.78 is 14.4. The number of carbonyl (C=O) groups is 1. The predicted octanol–water partition coefficient (Wildman–Crippen LogP) is 0.422. The summed E-state index contributed by atoms with van der Waals surface area (Å²) in [4.78, 5) is 35.4. The van der Waals surface area contributed by atoms with Gasteiger partial charge in [0.25, 0.3) is 5.56 Å². The molecule has 0 atom stereocenters. The number of rotatable bonds is 3. The number of carboxylic acid groups (broad SMARTS) is 1. The second-order valence-electron chi connectivity index (χ2n) is 3.83. The van der Waals surface area contributed by atoms with Crippen LogP contribution in [-0.2, 0) is 6.54 Å². The van der Waals surface area contributed by atoms with E-state index in [0.29, 0.717) is 0 Å². The van der Waals surface area contributed by atoms with Crippen LogP contribution in [0.5, 0.6) is 0 Å². The van der Waals surface area contributed by atoms with E-state index in [4.69, 9.17) is 5.11 Å². The zero-order valence-corrected chi connectivity index (χ0v) is 9.59. The zero-order valence-electron chi connectivity index (χ0n) is 9.59. The van der Waals surface area contributed by atoms with Crippen molar-refractivity contribution in [3.63, 3.8) is 0 Å². The maximum atomic E-state index is 13.4. The van der Waals surface area contributed by atoms with Crippen molar-refractivity contribution < 1.29 is 14.3 Å². The van der Waals surface area contributed by atoms with Gasteiger partial charge in [0, 0.05) is 11.8 Å². The highest BCUT2D eigenvalue weighted by atomic mass is 19.1. The van der Waals surface area contributed by atoms with Crippen LogP contribution in [0.15, 0.2) is 40.1 Å². The number of hydrogen-bond acceptors (Lipinski definition) is 3. The Balaban J connectivity index is 2.49. The molecule has 0 aliphatic rings. The van der Waals surface area contributed by atoms with Gasteiger partial charge in [0.1, 0.15) is 11.4 Å². The molecule has 0 aliphatic carbocycles. The average Bonchev–Trinajstić information content (AvgIpc) is 2.34. The molecular formula is C12H9FN2O4. The van der Waals surface area contributed by atoms with E-state index in [1.54, 1.807) is 6.07 Å². The first-order valence-corrected chi connectivity index (χ1v) is 5.29. The fourth-order valence-corrected chi connectivity index (χ4v) is 1.59. The van der Waals surface area contributed by atoms with E-state index < -0.39 is 28.6 Å². The number of nitrogens with one attached hydrogen (secondary N) is 1. The molecule has 2 N–H and O–H groups in total. The molecule has 19 heavy (non-hydrogen) atoms. The highest BCUT2D eigenvalue weighted by Crippen LogP contribution is 2.07. The Morgan fingerprint density at radius 2 is 2.00 bits per heavy atom. The summed E-state index contributed by atoms with van der Waals surface area (Å²) in [6.07, 6.45) is 0.899. The summed E-state index contributed by atoms with van der Waals surface area (Å²) in [6.45, 7) is -0.164. The summed E-state index contributed by atoms with van der Waals surface area (Å²) in [6, 6.07) is 5.78. The summed E-state index contributed by atoms with van der Waals surface area (Å²) in [5, 5.41) is 8.79. The largest absolute Gasteiger partial charge is 0.477 e. The first-order chi connectivity index (χ1) is 8.99. The van der Waals surface area contributed by atoms with Crippen LogP contribution in [0, 0.1) is 5.82 Å². The zero-order chi connectivity index (χ0) is 14.0. The second-order valence-corrected chi connectivity index (χ2v) is 3.83. The predicted molar refractivity (Wildman–Crippen MR) is 63.8 cm³/mol. The normalized spacial score (nSPS) is 10.4. The average molecular weight is 264 g/mol. The summed E-state index contributed by atoms with van der Waals surface area (Å²) in [5.74, 6) is -1.97. The Labute approximate surface area is 105 Å². The molecule has 0 spiro atoms. The van der Waals surface area contributed by atoms with E-state index in [2.05, 4.69) is 0 Å². The van der Waals surface area contributed by atoms with Crippen LogP contribution in [-0.4, -0.2) is 20.6 Å². The summed E-state index contributed by atoms with van der Waals surface area (Å²) in [7, 11) is 0. The van der Waals surface area contributed by atoms with E-state index in [0.717, 1.165) is 10.8 Å². The van der Waals surface area contributed by atoms with Crippen LogP contribution in [0.1, 0.15) is 15.9 Å². The summed E-state index contributed by atoms with van der Waals surface area (Å²) in [5.41, 5.74) is -2.13. The molecule has 0 saturated carbocycles. The standard InChI is InChI=1S/C12H9FN2O4/c13-9-4-2-1-3-7(9)5-15-6-8(11(17)18)10(16)14-12(15)19/h1-4,6H,5H2,(H,17,18)(H,14,16,19). The Bertz CT molecular complexity index is 748. The number of halogens is 1. The van der Waals surface area contributed by atoms with Gasteiger partial charge in [-0.3, -0.25) is 14.3 Å². The van der Waals surface area contributed by atoms with Gasteiger partial charge in [-0.2, -0.15) is 0 Å². The molecule has 6 nitrogen and oxygen atoms in total. The quantitative estimate of drug-likeness (QED) is 0.840. The van der Waals surface area contributed by atoms with E-state index >= 15 is 0 Å². The third-order valence-electron chi connectivity index (χ3n) is 2.54. The molecule has 1 aromatic carbocycles. The molecule has 7 heteroatoms. The number of benzene rings is 1. The number of aromatic nitrogens is 2. The molecule has 0 saturated heterocycles. The SMILES string of the molecule is O=C(O)c1cn(Cc2ccccc2F)c(=O)[nH]c1=O. The van der Waals surface area contributed by atoms with Crippen molar-refractivity contribution in [1.29, 1.82) is 0 Å². The minimum absolute atomic E-state index is 0.164. The molecule has 0 bridgehead atoms. The highest BCUT2D eigenvalue weighted by Gasteiger charge is 2.12. The maximum Gasteiger partial charge on any atom is 0.342 e. The van der Waals surface area contributed by atoms with Crippen LogP contribution in [0.3, 0.4) is 0 Å². The van der Waals surface area contributed by atoms with Gasteiger partial charge in [0.2, 0.25) is 0 Å². The van der Waals surface area contributed by atoms with Crippen molar-refractivity contribution >= 4 is 5.97 Å². The van der Waals surface area contributed by atoms with Crippen LogP contribution < -0.4 is 11.2 Å². The fraction of sp³-hybridized carbons (Fsp3) is 0.0833. The molecule has 0 aliphatic heterocycles. The lowest BCUT2D eigenvalue weighted by Gasteiger charge is -2.06. The van der Waals surface area contributed by atoms with Gasteiger partial charge in [-0.25, -0.2) is 14.0 Å². The lowest BCUT2D eigenvalue weighted by atomic mass is 10.2. The molecule has 1 heterocycles. The minimum Gasteiger partial charge on any atom is -0.477 e. The van der Waals surface area contributed by atoms with Gasteiger partial charge in [0.15, 0.2) is 0 Å². The van der Waals surface area contributed by atoms with Gasteiger partial charge in [-0.15, -0.1) is 0 Å². The van der Waals surface area contributed by atoms with Gasteiger partial charge in [-0.1, -0.05) is 18.2 Å². The Kier molecular flexibility index (Phi) is 3.28. The van der Waals surface area contributed by atoms with Gasteiger partial charge in [0.05, 0.1) is 6.54 Å². The lowest BCUT2D eigenvalue weighted by molar-refractivity contribution is 0.0693. The maximum absolute atomic E-state index is 13.4.